The number of hydrogen-bond acceptors (Lipinski definition) is 6. The number of phenolic OH excluding ortho intramolecular Hbond substituents is 2. The van der Waals surface area contributed by atoms with E-state index in [0.29, 0.717) is 11.9 Å². The summed E-state index contributed by atoms with van der Waals surface area (Å²) in [6.45, 7) is 1.44. The lowest BCUT2D eigenvalue weighted by Gasteiger charge is -2.23. The molecule has 0 saturated carbocycles. The van der Waals surface area contributed by atoms with E-state index < -0.39 is 5.63 Å². The Balaban J connectivity index is 1.74. The SMILES string of the molecule is O=c1cc(CN2CCC[C@@H]2c2ccco2)c2cc(O)c(O)cc2o1. The van der Waals surface area contributed by atoms with Crippen molar-refractivity contribution >= 4 is 11.0 Å². The molecule has 1 aromatic carbocycles. The summed E-state index contributed by atoms with van der Waals surface area (Å²) in [6, 6.07) is 8.15. The Bertz CT molecular complexity index is 928. The van der Waals surface area contributed by atoms with Crippen LogP contribution in [0.1, 0.15) is 30.2 Å². The molecule has 3 aromatic rings. The molecule has 3 heterocycles. The van der Waals surface area contributed by atoms with Gasteiger partial charge in [-0.1, -0.05) is 0 Å². The van der Waals surface area contributed by atoms with Gasteiger partial charge in [-0.3, -0.25) is 4.90 Å². The summed E-state index contributed by atoms with van der Waals surface area (Å²) in [4.78, 5) is 14.1. The quantitative estimate of drug-likeness (QED) is 0.568. The first kappa shape index (κ1) is 14.8. The zero-order chi connectivity index (χ0) is 16.7. The van der Waals surface area contributed by atoms with Crippen molar-refractivity contribution in [3.8, 4) is 11.5 Å². The number of fused-ring (bicyclic) bond motifs is 1. The standard InChI is InChI=1S/C18H17NO5/c20-14-8-12-11(7-18(22)24-17(12)9-15(14)21)10-19-5-1-3-13(19)16-4-2-6-23-16/h2,4,6-9,13,20-21H,1,3,5,10H2/t13-/m1/s1. The molecule has 0 aliphatic carbocycles. The lowest BCUT2D eigenvalue weighted by molar-refractivity contribution is 0.221. The summed E-state index contributed by atoms with van der Waals surface area (Å²) in [5.74, 6) is 0.374. The predicted octanol–water partition coefficient (Wildman–Crippen LogP) is 3.13. The van der Waals surface area contributed by atoms with E-state index in [2.05, 4.69) is 4.90 Å². The maximum atomic E-state index is 11.8. The van der Waals surface area contributed by atoms with Gasteiger partial charge in [0.1, 0.15) is 11.3 Å². The van der Waals surface area contributed by atoms with E-state index in [1.54, 1.807) is 6.26 Å². The third kappa shape index (κ3) is 2.55. The third-order valence-electron chi connectivity index (χ3n) is 4.53. The Morgan fingerprint density at radius 2 is 2.04 bits per heavy atom. The van der Waals surface area contributed by atoms with Crippen molar-refractivity contribution in [2.45, 2.75) is 25.4 Å². The second kappa shape index (κ2) is 5.72. The molecule has 1 fully saturated rings. The fourth-order valence-corrected chi connectivity index (χ4v) is 3.42. The Hall–Kier alpha value is -2.73. The maximum Gasteiger partial charge on any atom is 0.336 e. The van der Waals surface area contributed by atoms with Crippen LogP contribution in [-0.2, 0) is 6.54 Å². The summed E-state index contributed by atoms with van der Waals surface area (Å²) >= 11 is 0. The molecule has 1 aliphatic heterocycles. The molecule has 0 unspecified atom stereocenters. The maximum absolute atomic E-state index is 11.8. The zero-order valence-electron chi connectivity index (χ0n) is 12.9. The molecule has 0 radical (unpaired) electrons. The fraction of sp³-hybridized carbons (Fsp3) is 0.278. The van der Waals surface area contributed by atoms with Crippen molar-refractivity contribution in [2.24, 2.45) is 0 Å². The number of aromatic hydroxyl groups is 2. The van der Waals surface area contributed by atoms with E-state index in [9.17, 15) is 15.0 Å². The number of furan rings is 1. The molecule has 6 heteroatoms. The van der Waals surface area contributed by atoms with Crippen LogP contribution in [0.15, 0.2) is 50.2 Å². The third-order valence-corrected chi connectivity index (χ3v) is 4.53. The number of rotatable bonds is 3. The van der Waals surface area contributed by atoms with Gasteiger partial charge < -0.3 is 19.0 Å². The van der Waals surface area contributed by atoms with Gasteiger partial charge in [-0.15, -0.1) is 0 Å². The predicted molar refractivity (Wildman–Crippen MR) is 86.9 cm³/mol. The molecule has 2 aromatic heterocycles. The Morgan fingerprint density at radius 3 is 2.83 bits per heavy atom. The van der Waals surface area contributed by atoms with Gasteiger partial charge in [-0.2, -0.15) is 0 Å². The van der Waals surface area contributed by atoms with Gasteiger partial charge in [0.05, 0.1) is 12.3 Å². The van der Waals surface area contributed by atoms with Gasteiger partial charge in [-0.05, 0) is 43.1 Å². The van der Waals surface area contributed by atoms with Crippen LogP contribution in [0.5, 0.6) is 11.5 Å². The highest BCUT2D eigenvalue weighted by atomic mass is 16.4. The number of hydrogen-bond donors (Lipinski definition) is 2. The smallest absolute Gasteiger partial charge is 0.336 e. The minimum atomic E-state index is -0.476. The number of likely N-dealkylation sites (tertiary alicyclic amines) is 1. The molecule has 0 bridgehead atoms. The Labute approximate surface area is 137 Å². The largest absolute Gasteiger partial charge is 0.504 e. The van der Waals surface area contributed by atoms with E-state index >= 15 is 0 Å². The van der Waals surface area contributed by atoms with Crippen molar-refractivity contribution in [3.63, 3.8) is 0 Å². The molecule has 1 saturated heterocycles. The lowest BCUT2D eigenvalue weighted by atomic mass is 10.1. The highest BCUT2D eigenvalue weighted by Crippen LogP contribution is 2.36. The van der Waals surface area contributed by atoms with E-state index in [4.69, 9.17) is 8.83 Å². The topological polar surface area (TPSA) is 87.1 Å². The molecule has 4 rings (SSSR count). The second-order valence-electron chi connectivity index (χ2n) is 6.07. The second-order valence-corrected chi connectivity index (χ2v) is 6.07. The zero-order valence-corrected chi connectivity index (χ0v) is 12.9. The van der Waals surface area contributed by atoms with Gasteiger partial charge in [0.15, 0.2) is 11.5 Å². The highest BCUT2D eigenvalue weighted by molar-refractivity contribution is 5.83. The molecular formula is C18H17NO5. The van der Waals surface area contributed by atoms with E-state index in [-0.39, 0.29) is 23.1 Å². The Kier molecular flexibility index (Phi) is 3.54. The molecular weight excluding hydrogens is 310 g/mol. The van der Waals surface area contributed by atoms with Crippen LogP contribution in [0.25, 0.3) is 11.0 Å². The normalized spacial score (nSPS) is 18.4. The molecule has 1 aliphatic rings. The van der Waals surface area contributed by atoms with Crippen molar-refractivity contribution in [1.82, 2.24) is 4.90 Å². The minimum absolute atomic E-state index is 0.174. The lowest BCUT2D eigenvalue weighted by Crippen LogP contribution is -2.23. The van der Waals surface area contributed by atoms with Gasteiger partial charge >= 0.3 is 5.63 Å². The first-order chi connectivity index (χ1) is 11.6. The number of nitrogens with zero attached hydrogens (tertiary/aromatic N) is 1. The molecule has 6 nitrogen and oxygen atoms in total. The van der Waals surface area contributed by atoms with Crippen LogP contribution in [0.3, 0.4) is 0 Å². The molecule has 2 N–H and O–H groups in total. The van der Waals surface area contributed by atoms with Crippen LogP contribution in [0.2, 0.25) is 0 Å². The van der Waals surface area contributed by atoms with E-state index in [1.165, 1.54) is 18.2 Å². The first-order valence-corrected chi connectivity index (χ1v) is 7.88. The van der Waals surface area contributed by atoms with E-state index in [1.807, 2.05) is 12.1 Å². The average Bonchev–Trinajstić information content (AvgIpc) is 3.20. The van der Waals surface area contributed by atoms with Crippen LogP contribution in [0.4, 0.5) is 0 Å². The number of benzene rings is 1. The summed E-state index contributed by atoms with van der Waals surface area (Å²) < 4.78 is 10.7. The molecule has 0 spiro atoms. The van der Waals surface area contributed by atoms with Crippen molar-refractivity contribution < 1.29 is 19.0 Å². The molecule has 124 valence electrons. The summed E-state index contributed by atoms with van der Waals surface area (Å²) in [5, 5.41) is 20.0. The first-order valence-electron chi connectivity index (χ1n) is 7.88. The highest BCUT2D eigenvalue weighted by Gasteiger charge is 2.28. The van der Waals surface area contributed by atoms with Crippen LogP contribution in [-0.4, -0.2) is 21.7 Å². The monoisotopic (exact) mass is 327 g/mol. The van der Waals surface area contributed by atoms with Crippen molar-refractivity contribution in [1.29, 1.82) is 0 Å². The van der Waals surface area contributed by atoms with E-state index in [0.717, 1.165) is 30.7 Å². The summed E-state index contributed by atoms with van der Waals surface area (Å²) in [5.41, 5.74) is 0.549. The van der Waals surface area contributed by atoms with Crippen LogP contribution in [0, 0.1) is 0 Å². The summed E-state index contributed by atoms with van der Waals surface area (Å²) in [6.07, 6.45) is 3.72. The molecule has 24 heavy (non-hydrogen) atoms. The minimum Gasteiger partial charge on any atom is -0.504 e. The van der Waals surface area contributed by atoms with Crippen molar-refractivity contribution in [3.05, 3.63) is 58.3 Å². The molecule has 1 atom stereocenters. The van der Waals surface area contributed by atoms with Gasteiger partial charge in [0.2, 0.25) is 0 Å². The van der Waals surface area contributed by atoms with Gasteiger partial charge in [0, 0.05) is 24.1 Å². The van der Waals surface area contributed by atoms with Gasteiger partial charge in [-0.25, -0.2) is 4.79 Å². The summed E-state index contributed by atoms with van der Waals surface area (Å²) in [7, 11) is 0. The number of phenols is 2. The fourth-order valence-electron chi connectivity index (χ4n) is 3.42. The van der Waals surface area contributed by atoms with Crippen LogP contribution < -0.4 is 5.63 Å². The van der Waals surface area contributed by atoms with Crippen molar-refractivity contribution in [2.75, 3.05) is 6.54 Å². The average molecular weight is 327 g/mol. The van der Waals surface area contributed by atoms with Gasteiger partial charge in [0.25, 0.3) is 0 Å². The van der Waals surface area contributed by atoms with Crippen LogP contribution >= 0.6 is 0 Å². The Morgan fingerprint density at radius 1 is 1.21 bits per heavy atom. The molecule has 0 amide bonds.